The number of fused-ring (bicyclic) bond motifs is 1. The molecule has 0 atom stereocenters. The number of hydrogen-bond acceptors (Lipinski definition) is 7. The molecule has 4 rings (SSSR count). The number of Topliss-reactive ketones (excluding diaryl/α,β-unsaturated/α-hetero) is 1. The number of hydrogen-bond donors (Lipinski definition) is 1. The number of aryl methyl sites for hydroxylation is 2. The largest absolute Gasteiger partial charge is 0.454 e. The molecule has 3 heterocycles. The highest BCUT2D eigenvalue weighted by Crippen LogP contribution is 2.38. The summed E-state index contributed by atoms with van der Waals surface area (Å²) < 4.78 is 5.37. The van der Waals surface area contributed by atoms with E-state index in [1.807, 2.05) is 13.0 Å². The van der Waals surface area contributed by atoms with Gasteiger partial charge >= 0.3 is 5.97 Å². The summed E-state index contributed by atoms with van der Waals surface area (Å²) in [5.74, 6) is -1.13. The standard InChI is InChI=1S/C22H20N2O4S2/c1-13-8-9-18(29-13)16(25)12-28-22(27)19-15-6-2-3-7-17(15)30-21(19)24-20(26)14-5-4-10-23-11-14/h4-5,8-11H,2-3,6-7,12H2,1H3,(H,24,26). The molecule has 0 aromatic carbocycles. The first kappa shape index (κ1) is 20.4. The Kier molecular flexibility index (Phi) is 6.06. The van der Waals surface area contributed by atoms with E-state index in [4.69, 9.17) is 4.74 Å². The lowest BCUT2D eigenvalue weighted by atomic mass is 9.95. The fourth-order valence-corrected chi connectivity index (χ4v) is 5.47. The quantitative estimate of drug-likeness (QED) is 0.444. The van der Waals surface area contributed by atoms with Crippen molar-refractivity contribution in [3.05, 3.63) is 68.0 Å². The predicted octanol–water partition coefficient (Wildman–Crippen LogP) is 4.68. The number of thiophene rings is 2. The number of carbonyl (C=O) groups is 3. The zero-order valence-electron chi connectivity index (χ0n) is 16.4. The van der Waals surface area contributed by atoms with E-state index >= 15 is 0 Å². The zero-order chi connectivity index (χ0) is 21.1. The Labute approximate surface area is 181 Å². The van der Waals surface area contributed by atoms with Crippen LogP contribution in [0.3, 0.4) is 0 Å². The van der Waals surface area contributed by atoms with Crippen LogP contribution >= 0.6 is 22.7 Å². The molecule has 154 valence electrons. The molecular weight excluding hydrogens is 420 g/mol. The van der Waals surface area contributed by atoms with Crippen molar-refractivity contribution < 1.29 is 19.1 Å². The van der Waals surface area contributed by atoms with Gasteiger partial charge in [0.1, 0.15) is 5.00 Å². The Hall–Kier alpha value is -2.84. The summed E-state index contributed by atoms with van der Waals surface area (Å²) in [5.41, 5.74) is 1.71. The molecule has 3 aromatic heterocycles. The average Bonchev–Trinajstić information content (AvgIpc) is 3.35. The van der Waals surface area contributed by atoms with Crippen LogP contribution in [0.25, 0.3) is 0 Å². The van der Waals surface area contributed by atoms with Gasteiger partial charge in [-0.1, -0.05) is 0 Å². The van der Waals surface area contributed by atoms with E-state index in [1.54, 1.807) is 24.4 Å². The van der Waals surface area contributed by atoms with Crippen LogP contribution in [0.1, 0.15) is 58.5 Å². The predicted molar refractivity (Wildman–Crippen MR) is 117 cm³/mol. The highest BCUT2D eigenvalue weighted by molar-refractivity contribution is 7.17. The highest BCUT2D eigenvalue weighted by Gasteiger charge is 2.28. The molecule has 0 saturated carbocycles. The summed E-state index contributed by atoms with van der Waals surface area (Å²) in [4.78, 5) is 44.5. The first-order valence-electron chi connectivity index (χ1n) is 9.65. The fraction of sp³-hybridized carbons (Fsp3) is 0.273. The van der Waals surface area contributed by atoms with E-state index in [1.165, 1.54) is 28.9 Å². The van der Waals surface area contributed by atoms with E-state index in [0.29, 0.717) is 21.0 Å². The van der Waals surface area contributed by atoms with Gasteiger partial charge in [-0.2, -0.15) is 0 Å². The summed E-state index contributed by atoms with van der Waals surface area (Å²) in [6.45, 7) is 1.60. The van der Waals surface area contributed by atoms with Crippen molar-refractivity contribution in [2.45, 2.75) is 32.6 Å². The van der Waals surface area contributed by atoms with Gasteiger partial charge in [-0.3, -0.25) is 14.6 Å². The Bertz CT molecular complexity index is 1100. The van der Waals surface area contributed by atoms with Crippen molar-refractivity contribution in [2.75, 3.05) is 11.9 Å². The van der Waals surface area contributed by atoms with Crippen LogP contribution in [0.5, 0.6) is 0 Å². The number of esters is 1. The minimum Gasteiger partial charge on any atom is -0.454 e. The molecule has 3 aromatic rings. The van der Waals surface area contributed by atoms with Crippen molar-refractivity contribution in [2.24, 2.45) is 0 Å². The second-order valence-electron chi connectivity index (χ2n) is 7.02. The Morgan fingerprint density at radius 3 is 2.70 bits per heavy atom. The average molecular weight is 441 g/mol. The number of carbonyl (C=O) groups excluding carboxylic acids is 3. The molecule has 0 saturated heterocycles. The number of rotatable bonds is 6. The van der Waals surface area contributed by atoms with E-state index < -0.39 is 5.97 Å². The van der Waals surface area contributed by atoms with Crippen LogP contribution in [-0.2, 0) is 17.6 Å². The zero-order valence-corrected chi connectivity index (χ0v) is 18.0. The van der Waals surface area contributed by atoms with Gasteiger partial charge in [-0.05, 0) is 62.4 Å². The molecule has 0 radical (unpaired) electrons. The van der Waals surface area contributed by atoms with E-state index in [0.717, 1.165) is 41.0 Å². The maximum atomic E-state index is 12.9. The number of aromatic nitrogens is 1. The number of pyridine rings is 1. The Morgan fingerprint density at radius 1 is 1.13 bits per heavy atom. The topological polar surface area (TPSA) is 85.4 Å². The van der Waals surface area contributed by atoms with Gasteiger partial charge in [0.15, 0.2) is 6.61 Å². The van der Waals surface area contributed by atoms with Crippen LogP contribution in [0.4, 0.5) is 5.00 Å². The van der Waals surface area contributed by atoms with E-state index in [9.17, 15) is 14.4 Å². The molecule has 0 bridgehead atoms. The van der Waals surface area contributed by atoms with Crippen LogP contribution in [0.15, 0.2) is 36.7 Å². The second kappa shape index (κ2) is 8.89. The third-order valence-electron chi connectivity index (χ3n) is 4.88. The van der Waals surface area contributed by atoms with E-state index in [-0.39, 0.29) is 18.3 Å². The third kappa shape index (κ3) is 4.34. The van der Waals surface area contributed by atoms with Gasteiger partial charge < -0.3 is 10.1 Å². The second-order valence-corrected chi connectivity index (χ2v) is 9.41. The van der Waals surface area contributed by atoms with Gasteiger partial charge in [0.05, 0.1) is 16.0 Å². The molecule has 8 heteroatoms. The van der Waals surface area contributed by atoms with Crippen molar-refractivity contribution in [3.63, 3.8) is 0 Å². The summed E-state index contributed by atoms with van der Waals surface area (Å²) in [7, 11) is 0. The van der Waals surface area contributed by atoms with Crippen molar-refractivity contribution >= 4 is 45.3 Å². The number of nitrogens with one attached hydrogen (secondary N) is 1. The minimum absolute atomic E-state index is 0.230. The Balaban J connectivity index is 1.55. The van der Waals surface area contributed by atoms with Crippen LogP contribution < -0.4 is 5.32 Å². The van der Waals surface area contributed by atoms with Crippen molar-refractivity contribution in [1.29, 1.82) is 0 Å². The van der Waals surface area contributed by atoms with Crippen LogP contribution in [-0.4, -0.2) is 29.3 Å². The third-order valence-corrected chi connectivity index (χ3v) is 7.12. The molecule has 1 aliphatic rings. The molecule has 0 fully saturated rings. The van der Waals surface area contributed by atoms with Crippen LogP contribution in [0, 0.1) is 6.92 Å². The molecule has 30 heavy (non-hydrogen) atoms. The van der Waals surface area contributed by atoms with Gasteiger partial charge in [-0.15, -0.1) is 22.7 Å². The van der Waals surface area contributed by atoms with E-state index in [2.05, 4.69) is 10.3 Å². The summed E-state index contributed by atoms with van der Waals surface area (Å²) in [5, 5.41) is 3.32. The van der Waals surface area contributed by atoms with Gasteiger partial charge in [0.2, 0.25) is 5.78 Å². The smallest absolute Gasteiger partial charge is 0.341 e. The number of nitrogens with zero attached hydrogens (tertiary/aromatic N) is 1. The SMILES string of the molecule is Cc1ccc(C(=O)COC(=O)c2c(NC(=O)c3cccnc3)sc3c2CCCC3)s1. The number of ketones is 1. The number of anilines is 1. The molecule has 1 aliphatic carbocycles. The molecule has 0 unspecified atom stereocenters. The number of ether oxygens (including phenoxy) is 1. The summed E-state index contributed by atoms with van der Waals surface area (Å²) >= 11 is 2.79. The van der Waals surface area contributed by atoms with Crippen molar-refractivity contribution in [3.8, 4) is 0 Å². The molecule has 1 amide bonds. The molecular formula is C22H20N2O4S2. The normalized spacial score (nSPS) is 12.8. The maximum absolute atomic E-state index is 12.9. The Morgan fingerprint density at radius 2 is 1.97 bits per heavy atom. The summed E-state index contributed by atoms with van der Waals surface area (Å²) in [6.07, 6.45) is 6.73. The molecule has 0 aliphatic heterocycles. The number of amides is 1. The summed E-state index contributed by atoms with van der Waals surface area (Å²) in [6, 6.07) is 6.94. The van der Waals surface area contributed by atoms with Gasteiger partial charge in [-0.25, -0.2) is 4.79 Å². The first-order chi connectivity index (χ1) is 14.5. The lowest BCUT2D eigenvalue weighted by Crippen LogP contribution is -2.18. The van der Waals surface area contributed by atoms with Gasteiger partial charge in [0, 0.05) is 22.1 Å². The lowest BCUT2D eigenvalue weighted by Gasteiger charge is -2.12. The first-order valence-corrected chi connectivity index (χ1v) is 11.3. The maximum Gasteiger partial charge on any atom is 0.341 e. The molecule has 6 nitrogen and oxygen atoms in total. The van der Waals surface area contributed by atoms with Crippen molar-refractivity contribution in [1.82, 2.24) is 4.98 Å². The van der Waals surface area contributed by atoms with Crippen LogP contribution in [0.2, 0.25) is 0 Å². The molecule has 1 N–H and O–H groups in total. The lowest BCUT2D eigenvalue weighted by molar-refractivity contribution is 0.0476. The van der Waals surface area contributed by atoms with Gasteiger partial charge in [0.25, 0.3) is 5.91 Å². The monoisotopic (exact) mass is 440 g/mol. The minimum atomic E-state index is -0.572. The molecule has 0 spiro atoms. The highest BCUT2D eigenvalue weighted by atomic mass is 32.1. The fourth-order valence-electron chi connectivity index (χ4n) is 3.40.